The molecule has 19 heavy (non-hydrogen) atoms. The van der Waals surface area contributed by atoms with Crippen LogP contribution >= 0.6 is 0 Å². The van der Waals surface area contributed by atoms with Crippen molar-refractivity contribution >= 4 is 11.8 Å². The minimum atomic E-state index is 0.113. The third kappa shape index (κ3) is 6.57. The number of carbonyl (C=O) groups excluding carboxylic acids is 2. The SMILES string of the molecule is CC(=O)N1CCC(NCCC(=O)NCC(C)C)CC1. The van der Waals surface area contributed by atoms with Gasteiger partial charge in [0.1, 0.15) is 0 Å². The Bertz CT molecular complexity index is 297. The van der Waals surface area contributed by atoms with Crippen molar-refractivity contribution in [2.75, 3.05) is 26.2 Å². The average molecular weight is 269 g/mol. The number of nitrogens with one attached hydrogen (secondary N) is 2. The van der Waals surface area contributed by atoms with Gasteiger partial charge in [0.15, 0.2) is 0 Å². The van der Waals surface area contributed by atoms with Crippen LogP contribution in [0, 0.1) is 5.92 Å². The van der Waals surface area contributed by atoms with Gasteiger partial charge in [-0.05, 0) is 18.8 Å². The second-order valence-corrected chi connectivity index (χ2v) is 5.68. The predicted octanol–water partition coefficient (Wildman–Crippen LogP) is 0.749. The molecular weight excluding hydrogens is 242 g/mol. The standard InChI is InChI=1S/C14H27N3O2/c1-11(2)10-16-14(19)4-7-15-13-5-8-17(9-6-13)12(3)18/h11,13,15H,4-10H2,1-3H3,(H,16,19). The van der Waals surface area contributed by atoms with Crippen molar-refractivity contribution in [1.82, 2.24) is 15.5 Å². The molecule has 0 atom stereocenters. The molecule has 2 amide bonds. The van der Waals surface area contributed by atoms with Crippen LogP contribution in [0.15, 0.2) is 0 Å². The number of hydrogen-bond acceptors (Lipinski definition) is 3. The molecule has 1 fully saturated rings. The molecule has 0 spiro atoms. The zero-order valence-electron chi connectivity index (χ0n) is 12.4. The smallest absolute Gasteiger partial charge is 0.221 e. The molecule has 1 aliphatic heterocycles. The van der Waals surface area contributed by atoms with Crippen molar-refractivity contribution in [2.24, 2.45) is 5.92 Å². The molecule has 5 heteroatoms. The van der Waals surface area contributed by atoms with Crippen LogP contribution in [-0.2, 0) is 9.59 Å². The van der Waals surface area contributed by atoms with E-state index < -0.39 is 0 Å². The van der Waals surface area contributed by atoms with Gasteiger partial charge < -0.3 is 15.5 Å². The van der Waals surface area contributed by atoms with Gasteiger partial charge in [-0.1, -0.05) is 13.8 Å². The Labute approximate surface area is 116 Å². The summed E-state index contributed by atoms with van der Waals surface area (Å²) in [4.78, 5) is 24.6. The normalized spacial score (nSPS) is 16.7. The Morgan fingerprint density at radius 1 is 1.26 bits per heavy atom. The van der Waals surface area contributed by atoms with Gasteiger partial charge in [-0.15, -0.1) is 0 Å². The summed E-state index contributed by atoms with van der Waals surface area (Å²) in [6, 6.07) is 0.438. The van der Waals surface area contributed by atoms with Crippen molar-refractivity contribution in [3.8, 4) is 0 Å². The van der Waals surface area contributed by atoms with Gasteiger partial charge in [-0.3, -0.25) is 9.59 Å². The van der Waals surface area contributed by atoms with Gasteiger partial charge in [-0.2, -0.15) is 0 Å². The van der Waals surface area contributed by atoms with E-state index in [9.17, 15) is 9.59 Å². The summed E-state index contributed by atoms with van der Waals surface area (Å²) in [7, 11) is 0. The fraction of sp³-hybridized carbons (Fsp3) is 0.857. The first kappa shape index (κ1) is 16.0. The van der Waals surface area contributed by atoms with E-state index >= 15 is 0 Å². The summed E-state index contributed by atoms with van der Waals surface area (Å²) in [5.74, 6) is 0.765. The highest BCUT2D eigenvalue weighted by Gasteiger charge is 2.20. The molecule has 0 bridgehead atoms. The fourth-order valence-corrected chi connectivity index (χ4v) is 2.19. The maximum atomic E-state index is 11.5. The molecule has 0 aliphatic carbocycles. The maximum absolute atomic E-state index is 11.5. The van der Waals surface area contributed by atoms with E-state index in [1.54, 1.807) is 6.92 Å². The molecule has 0 aromatic heterocycles. The Morgan fingerprint density at radius 3 is 2.42 bits per heavy atom. The highest BCUT2D eigenvalue weighted by molar-refractivity contribution is 5.76. The molecular formula is C14H27N3O2. The Morgan fingerprint density at radius 2 is 1.89 bits per heavy atom. The van der Waals surface area contributed by atoms with Crippen LogP contribution in [0.3, 0.4) is 0 Å². The quantitative estimate of drug-likeness (QED) is 0.748. The molecule has 0 saturated carbocycles. The average Bonchev–Trinajstić information content (AvgIpc) is 2.37. The molecule has 0 radical (unpaired) electrons. The van der Waals surface area contributed by atoms with Crippen LogP contribution < -0.4 is 10.6 Å². The van der Waals surface area contributed by atoms with E-state index in [4.69, 9.17) is 0 Å². The molecule has 1 rings (SSSR count). The molecule has 1 saturated heterocycles. The number of piperidine rings is 1. The zero-order chi connectivity index (χ0) is 14.3. The van der Waals surface area contributed by atoms with Crippen molar-refractivity contribution in [1.29, 1.82) is 0 Å². The number of amides is 2. The predicted molar refractivity (Wildman–Crippen MR) is 75.7 cm³/mol. The van der Waals surface area contributed by atoms with Crippen LogP contribution in [0.5, 0.6) is 0 Å². The minimum Gasteiger partial charge on any atom is -0.356 e. The number of nitrogens with zero attached hydrogens (tertiary/aromatic N) is 1. The molecule has 110 valence electrons. The van der Waals surface area contributed by atoms with E-state index in [-0.39, 0.29) is 11.8 Å². The number of carbonyl (C=O) groups is 2. The van der Waals surface area contributed by atoms with E-state index in [1.165, 1.54) is 0 Å². The third-order valence-electron chi connectivity index (χ3n) is 3.43. The first-order valence-electron chi connectivity index (χ1n) is 7.24. The van der Waals surface area contributed by atoms with Crippen molar-refractivity contribution in [2.45, 2.75) is 46.1 Å². The molecule has 0 unspecified atom stereocenters. The van der Waals surface area contributed by atoms with Crippen molar-refractivity contribution < 1.29 is 9.59 Å². The van der Waals surface area contributed by atoms with Gasteiger partial charge in [0, 0.05) is 45.6 Å². The third-order valence-corrected chi connectivity index (χ3v) is 3.43. The van der Waals surface area contributed by atoms with Crippen LogP contribution in [0.1, 0.15) is 40.0 Å². The topological polar surface area (TPSA) is 61.4 Å². The molecule has 1 heterocycles. The van der Waals surface area contributed by atoms with Gasteiger partial charge >= 0.3 is 0 Å². The molecule has 0 aromatic rings. The van der Waals surface area contributed by atoms with E-state index in [0.29, 0.717) is 24.9 Å². The van der Waals surface area contributed by atoms with E-state index in [1.807, 2.05) is 4.90 Å². The molecule has 0 aromatic carbocycles. The van der Waals surface area contributed by atoms with Crippen molar-refractivity contribution in [3.63, 3.8) is 0 Å². The van der Waals surface area contributed by atoms with E-state index in [2.05, 4.69) is 24.5 Å². The van der Waals surface area contributed by atoms with Gasteiger partial charge in [0.2, 0.25) is 11.8 Å². The summed E-state index contributed by atoms with van der Waals surface area (Å²) in [6.07, 6.45) is 2.49. The van der Waals surface area contributed by atoms with Gasteiger partial charge in [0.05, 0.1) is 0 Å². The Hall–Kier alpha value is -1.10. The van der Waals surface area contributed by atoms with Crippen LogP contribution in [0.25, 0.3) is 0 Å². The first-order valence-corrected chi connectivity index (χ1v) is 7.24. The molecule has 2 N–H and O–H groups in total. The Kier molecular flexibility index (Phi) is 6.84. The van der Waals surface area contributed by atoms with Crippen molar-refractivity contribution in [3.05, 3.63) is 0 Å². The minimum absolute atomic E-state index is 0.113. The molecule has 5 nitrogen and oxygen atoms in total. The lowest BCUT2D eigenvalue weighted by Gasteiger charge is -2.31. The Balaban J connectivity index is 2.07. The fourth-order valence-electron chi connectivity index (χ4n) is 2.19. The lowest BCUT2D eigenvalue weighted by atomic mass is 10.0. The number of likely N-dealkylation sites (tertiary alicyclic amines) is 1. The maximum Gasteiger partial charge on any atom is 0.221 e. The summed E-state index contributed by atoms with van der Waals surface area (Å²) in [5.41, 5.74) is 0. The van der Waals surface area contributed by atoms with Gasteiger partial charge in [0.25, 0.3) is 0 Å². The van der Waals surface area contributed by atoms with Gasteiger partial charge in [-0.25, -0.2) is 0 Å². The second kappa shape index (κ2) is 8.15. The molecule has 1 aliphatic rings. The lowest BCUT2D eigenvalue weighted by molar-refractivity contribution is -0.129. The van der Waals surface area contributed by atoms with Crippen LogP contribution in [0.4, 0.5) is 0 Å². The van der Waals surface area contributed by atoms with Crippen LogP contribution in [-0.4, -0.2) is 48.9 Å². The monoisotopic (exact) mass is 269 g/mol. The van der Waals surface area contributed by atoms with Crippen LogP contribution in [0.2, 0.25) is 0 Å². The number of rotatable bonds is 6. The highest BCUT2D eigenvalue weighted by Crippen LogP contribution is 2.10. The summed E-state index contributed by atoms with van der Waals surface area (Å²) in [6.45, 7) is 8.90. The van der Waals surface area contributed by atoms with E-state index in [0.717, 1.165) is 32.5 Å². The second-order valence-electron chi connectivity index (χ2n) is 5.68. The largest absolute Gasteiger partial charge is 0.356 e. The summed E-state index contributed by atoms with van der Waals surface area (Å²) < 4.78 is 0. The zero-order valence-corrected chi connectivity index (χ0v) is 12.4. The lowest BCUT2D eigenvalue weighted by Crippen LogP contribution is -2.45. The number of hydrogen-bond donors (Lipinski definition) is 2. The summed E-state index contributed by atoms with van der Waals surface area (Å²) >= 11 is 0. The first-order chi connectivity index (χ1) is 8.99. The summed E-state index contributed by atoms with van der Waals surface area (Å²) in [5, 5.41) is 6.31. The highest BCUT2D eigenvalue weighted by atomic mass is 16.2.